The molecule has 0 saturated carbocycles. The molecule has 1 aromatic heterocycles. The summed E-state index contributed by atoms with van der Waals surface area (Å²) < 4.78 is 5.14. The van der Waals surface area contributed by atoms with Gasteiger partial charge in [-0.05, 0) is 36.1 Å². The molecule has 0 saturated heterocycles. The molecule has 22 heavy (non-hydrogen) atoms. The molecule has 0 aliphatic carbocycles. The fourth-order valence-electron chi connectivity index (χ4n) is 2.03. The van der Waals surface area contributed by atoms with Crippen molar-refractivity contribution in [1.29, 1.82) is 0 Å². The smallest absolute Gasteiger partial charge is 0.407 e. The zero-order chi connectivity index (χ0) is 15.6. The Labute approximate surface area is 130 Å². The summed E-state index contributed by atoms with van der Waals surface area (Å²) in [7, 11) is 0. The van der Waals surface area contributed by atoms with Crippen LogP contribution in [-0.2, 0) is 17.8 Å². The Balaban J connectivity index is 1.73. The molecule has 5 heteroatoms. The second-order valence-corrected chi connectivity index (χ2v) is 4.98. The molecule has 0 bridgehead atoms. The monoisotopic (exact) mass is 300 g/mol. The molecule has 0 aliphatic rings. The highest BCUT2D eigenvalue weighted by molar-refractivity contribution is 5.67. The van der Waals surface area contributed by atoms with Crippen LogP contribution in [0.2, 0.25) is 0 Å². The van der Waals surface area contributed by atoms with Crippen LogP contribution in [0.4, 0.5) is 4.79 Å². The van der Waals surface area contributed by atoms with Gasteiger partial charge in [0, 0.05) is 12.4 Å². The van der Waals surface area contributed by atoms with Gasteiger partial charge in [0.25, 0.3) is 0 Å². The van der Waals surface area contributed by atoms with Crippen LogP contribution in [0.15, 0.2) is 54.9 Å². The van der Waals surface area contributed by atoms with Crippen LogP contribution in [0, 0.1) is 0 Å². The van der Waals surface area contributed by atoms with Crippen molar-refractivity contribution in [2.45, 2.75) is 25.5 Å². The number of benzene rings is 1. The summed E-state index contributed by atoms with van der Waals surface area (Å²) in [6.45, 7) is 0.0979. The third kappa shape index (κ3) is 5.54. The Morgan fingerprint density at radius 3 is 2.55 bits per heavy atom. The molecule has 0 radical (unpaired) electrons. The van der Waals surface area contributed by atoms with E-state index in [1.165, 1.54) is 0 Å². The van der Waals surface area contributed by atoms with Crippen LogP contribution in [-0.4, -0.2) is 28.8 Å². The minimum Gasteiger partial charge on any atom is -0.445 e. The van der Waals surface area contributed by atoms with Crippen LogP contribution >= 0.6 is 0 Å². The predicted octanol–water partition coefficient (Wildman–Crippen LogP) is 2.30. The number of aryl methyl sites for hydroxylation is 1. The first kappa shape index (κ1) is 16.0. The van der Waals surface area contributed by atoms with E-state index in [4.69, 9.17) is 4.74 Å². The van der Waals surface area contributed by atoms with Gasteiger partial charge in [0.15, 0.2) is 0 Å². The van der Waals surface area contributed by atoms with Gasteiger partial charge >= 0.3 is 6.09 Å². The maximum Gasteiger partial charge on any atom is 0.407 e. The van der Waals surface area contributed by atoms with E-state index >= 15 is 0 Å². The lowest BCUT2D eigenvalue weighted by Crippen LogP contribution is -2.38. The van der Waals surface area contributed by atoms with Gasteiger partial charge < -0.3 is 15.2 Å². The standard InChI is InChI=1S/C17H20N2O3/c20-12-16(7-6-14-8-10-18-11-9-14)19-17(21)22-13-15-4-2-1-3-5-15/h1-5,8-11,16,20H,6-7,12-13H2,(H,19,21). The third-order valence-corrected chi connectivity index (χ3v) is 3.29. The van der Waals surface area contributed by atoms with Crippen LogP contribution < -0.4 is 5.32 Å². The van der Waals surface area contributed by atoms with Crippen molar-refractivity contribution in [3.05, 3.63) is 66.0 Å². The summed E-state index contributed by atoms with van der Waals surface area (Å²) in [5, 5.41) is 12.0. The van der Waals surface area contributed by atoms with Crippen LogP contribution in [0.1, 0.15) is 17.5 Å². The highest BCUT2D eigenvalue weighted by Gasteiger charge is 2.12. The number of aliphatic hydroxyl groups is 1. The third-order valence-electron chi connectivity index (χ3n) is 3.29. The van der Waals surface area contributed by atoms with Gasteiger partial charge in [-0.25, -0.2) is 4.79 Å². The largest absolute Gasteiger partial charge is 0.445 e. The molecule has 1 atom stereocenters. The van der Waals surface area contributed by atoms with Gasteiger partial charge in [-0.2, -0.15) is 0 Å². The van der Waals surface area contributed by atoms with E-state index in [1.807, 2.05) is 42.5 Å². The summed E-state index contributed by atoms with van der Waals surface area (Å²) in [6, 6.07) is 13.0. The van der Waals surface area contributed by atoms with Gasteiger partial charge in [0.2, 0.25) is 0 Å². The van der Waals surface area contributed by atoms with E-state index in [-0.39, 0.29) is 19.3 Å². The second-order valence-electron chi connectivity index (χ2n) is 4.98. The number of aromatic nitrogens is 1. The molecular weight excluding hydrogens is 280 g/mol. The molecule has 1 heterocycles. The number of nitrogens with one attached hydrogen (secondary N) is 1. The van der Waals surface area contributed by atoms with Crippen molar-refractivity contribution >= 4 is 6.09 Å². The van der Waals surface area contributed by atoms with Crippen molar-refractivity contribution in [3.8, 4) is 0 Å². The maximum atomic E-state index is 11.7. The molecule has 2 N–H and O–H groups in total. The Morgan fingerprint density at radius 1 is 1.14 bits per heavy atom. The molecule has 0 spiro atoms. The van der Waals surface area contributed by atoms with Gasteiger partial charge in [-0.1, -0.05) is 30.3 Å². The molecule has 116 valence electrons. The van der Waals surface area contributed by atoms with Crippen LogP contribution in [0.25, 0.3) is 0 Å². The lowest BCUT2D eigenvalue weighted by molar-refractivity contribution is 0.128. The SMILES string of the molecule is O=C(NC(CO)CCc1ccncc1)OCc1ccccc1. The van der Waals surface area contributed by atoms with Crippen molar-refractivity contribution in [3.63, 3.8) is 0 Å². The first-order chi connectivity index (χ1) is 10.8. The molecule has 5 nitrogen and oxygen atoms in total. The van der Waals surface area contributed by atoms with Crippen molar-refractivity contribution < 1.29 is 14.6 Å². The fraction of sp³-hybridized carbons (Fsp3) is 0.294. The molecule has 0 fully saturated rings. The summed E-state index contributed by atoms with van der Waals surface area (Å²) in [4.78, 5) is 15.7. The highest BCUT2D eigenvalue weighted by Crippen LogP contribution is 2.05. The number of alkyl carbamates (subject to hydrolysis) is 1. The molecule has 1 amide bonds. The zero-order valence-electron chi connectivity index (χ0n) is 12.3. The summed E-state index contributed by atoms with van der Waals surface area (Å²) in [5.41, 5.74) is 2.04. The first-order valence-corrected chi connectivity index (χ1v) is 7.25. The number of hydrogen-bond donors (Lipinski definition) is 2. The minimum atomic E-state index is -0.516. The lowest BCUT2D eigenvalue weighted by atomic mass is 10.1. The molecule has 0 aliphatic heterocycles. The zero-order valence-corrected chi connectivity index (χ0v) is 12.3. The van der Waals surface area contributed by atoms with E-state index in [0.717, 1.165) is 17.5 Å². The van der Waals surface area contributed by atoms with Gasteiger partial charge in [-0.3, -0.25) is 4.98 Å². The van der Waals surface area contributed by atoms with Gasteiger partial charge in [-0.15, -0.1) is 0 Å². The molecule has 2 aromatic rings. The molecule has 1 aromatic carbocycles. The van der Waals surface area contributed by atoms with E-state index in [2.05, 4.69) is 10.3 Å². The number of carbonyl (C=O) groups excluding carboxylic acids is 1. The number of amides is 1. The average molecular weight is 300 g/mol. The van der Waals surface area contributed by atoms with Gasteiger partial charge in [0.05, 0.1) is 12.6 Å². The Kier molecular flexibility index (Phi) is 6.39. The predicted molar refractivity (Wildman–Crippen MR) is 83.2 cm³/mol. The average Bonchev–Trinajstić information content (AvgIpc) is 2.58. The summed E-state index contributed by atoms with van der Waals surface area (Å²) >= 11 is 0. The number of hydrogen-bond acceptors (Lipinski definition) is 4. The number of carbonyl (C=O) groups is 1. The fourth-order valence-corrected chi connectivity index (χ4v) is 2.03. The Morgan fingerprint density at radius 2 is 1.86 bits per heavy atom. The number of nitrogens with zero attached hydrogens (tertiary/aromatic N) is 1. The van der Waals surface area contributed by atoms with Crippen molar-refractivity contribution in [2.75, 3.05) is 6.61 Å². The van der Waals surface area contributed by atoms with E-state index in [1.54, 1.807) is 12.4 Å². The van der Waals surface area contributed by atoms with E-state index < -0.39 is 6.09 Å². The highest BCUT2D eigenvalue weighted by atomic mass is 16.5. The minimum absolute atomic E-state index is 0.120. The molecular formula is C17H20N2O3. The Bertz CT molecular complexity index is 561. The first-order valence-electron chi connectivity index (χ1n) is 7.25. The molecule has 1 unspecified atom stereocenters. The molecule has 2 rings (SSSR count). The van der Waals surface area contributed by atoms with Crippen molar-refractivity contribution in [2.24, 2.45) is 0 Å². The van der Waals surface area contributed by atoms with Gasteiger partial charge in [0.1, 0.15) is 6.61 Å². The Hall–Kier alpha value is -2.40. The van der Waals surface area contributed by atoms with E-state index in [0.29, 0.717) is 6.42 Å². The van der Waals surface area contributed by atoms with Crippen LogP contribution in [0.3, 0.4) is 0 Å². The summed E-state index contributed by atoms with van der Waals surface area (Å²) in [6.07, 6.45) is 4.33. The second kappa shape index (κ2) is 8.79. The quantitative estimate of drug-likeness (QED) is 0.823. The maximum absolute atomic E-state index is 11.7. The lowest BCUT2D eigenvalue weighted by Gasteiger charge is -2.16. The van der Waals surface area contributed by atoms with Crippen molar-refractivity contribution in [1.82, 2.24) is 10.3 Å². The number of rotatable bonds is 7. The number of pyridine rings is 1. The number of ether oxygens (including phenoxy) is 1. The summed E-state index contributed by atoms with van der Waals surface area (Å²) in [5.74, 6) is 0. The van der Waals surface area contributed by atoms with Crippen LogP contribution in [0.5, 0.6) is 0 Å². The normalized spacial score (nSPS) is 11.7. The number of aliphatic hydroxyl groups excluding tert-OH is 1. The topological polar surface area (TPSA) is 71.5 Å². The van der Waals surface area contributed by atoms with E-state index in [9.17, 15) is 9.90 Å².